The molecule has 0 amide bonds. The number of carbonyl (C=O) groups is 2. The van der Waals surface area contributed by atoms with Crippen molar-refractivity contribution in [2.45, 2.75) is 45.5 Å². The minimum Gasteiger partial charge on any atom is -0.489 e. The lowest BCUT2D eigenvalue weighted by Gasteiger charge is -2.26. The van der Waals surface area contributed by atoms with Crippen molar-refractivity contribution in [3.63, 3.8) is 0 Å². The van der Waals surface area contributed by atoms with E-state index in [4.69, 9.17) is 18.9 Å². The number of esters is 2. The third-order valence-electron chi connectivity index (χ3n) is 6.66. The fraction of sp³-hybridized carbons (Fsp3) is 0.429. The van der Waals surface area contributed by atoms with E-state index in [2.05, 4.69) is 57.3 Å². The van der Waals surface area contributed by atoms with Crippen LogP contribution in [0.1, 0.15) is 49.5 Å². The quantitative estimate of drug-likeness (QED) is 0.0899. The molecule has 4 atom stereocenters. The first-order chi connectivity index (χ1) is 17.5. The van der Waals surface area contributed by atoms with Crippen molar-refractivity contribution >= 4 is 57.1 Å². The molecule has 0 spiro atoms. The highest BCUT2D eigenvalue weighted by molar-refractivity contribution is 14.1. The van der Waals surface area contributed by atoms with E-state index in [0.29, 0.717) is 17.2 Å². The Bertz CT molecular complexity index is 1180. The van der Waals surface area contributed by atoms with Gasteiger partial charge in [0.2, 0.25) is 0 Å². The van der Waals surface area contributed by atoms with Gasteiger partial charge in [0.25, 0.3) is 0 Å². The lowest BCUT2D eigenvalue weighted by molar-refractivity contribution is -0.181. The second-order valence-corrected chi connectivity index (χ2v) is 12.2. The largest absolute Gasteiger partial charge is 0.489 e. The number of benzene rings is 2. The van der Waals surface area contributed by atoms with Gasteiger partial charge in [-0.2, -0.15) is 0 Å². The van der Waals surface area contributed by atoms with E-state index in [0.717, 1.165) is 20.0 Å². The first-order valence-corrected chi connectivity index (χ1v) is 14.3. The molecule has 6 nitrogen and oxygen atoms in total. The van der Waals surface area contributed by atoms with Gasteiger partial charge >= 0.3 is 11.9 Å². The van der Waals surface area contributed by atoms with E-state index in [1.165, 1.54) is 12.1 Å². The van der Waals surface area contributed by atoms with Crippen LogP contribution >= 0.6 is 45.2 Å². The molecule has 198 valence electrons. The topological polar surface area (TPSA) is 71.1 Å². The van der Waals surface area contributed by atoms with Gasteiger partial charge in [-0.25, -0.2) is 9.18 Å². The lowest BCUT2D eigenvalue weighted by Crippen LogP contribution is -2.28. The van der Waals surface area contributed by atoms with E-state index >= 15 is 0 Å². The third-order valence-corrected chi connectivity index (χ3v) is 8.09. The molecule has 0 aromatic heterocycles. The van der Waals surface area contributed by atoms with Crippen LogP contribution in [0.5, 0.6) is 5.75 Å². The Morgan fingerprint density at radius 3 is 2.46 bits per heavy atom. The summed E-state index contributed by atoms with van der Waals surface area (Å²) >= 11 is 4.25. The smallest absolute Gasteiger partial charge is 0.342 e. The molecule has 2 bridgehead atoms. The van der Waals surface area contributed by atoms with Crippen LogP contribution in [0.25, 0.3) is 0 Å². The number of fused-ring (bicyclic) bond motifs is 2. The van der Waals surface area contributed by atoms with E-state index in [9.17, 15) is 14.0 Å². The average molecular weight is 734 g/mol. The minimum absolute atomic E-state index is 0.0848. The average Bonchev–Trinajstić information content (AvgIpc) is 3.46. The molecule has 2 aliphatic rings. The Labute approximate surface area is 243 Å². The van der Waals surface area contributed by atoms with E-state index in [-0.39, 0.29) is 42.4 Å². The Kier molecular flexibility index (Phi) is 9.16. The fourth-order valence-electron chi connectivity index (χ4n) is 4.75. The molecule has 1 fully saturated rings. The van der Waals surface area contributed by atoms with Crippen LogP contribution in [0.3, 0.4) is 0 Å². The van der Waals surface area contributed by atoms with E-state index in [1.807, 2.05) is 6.07 Å². The number of hydrogen-bond donors (Lipinski definition) is 0. The van der Waals surface area contributed by atoms with Gasteiger partial charge in [-0.1, -0.05) is 24.3 Å². The molecule has 37 heavy (non-hydrogen) atoms. The lowest BCUT2D eigenvalue weighted by atomic mass is 9.94. The maximum Gasteiger partial charge on any atom is 0.342 e. The van der Waals surface area contributed by atoms with Gasteiger partial charge in [0.1, 0.15) is 29.3 Å². The summed E-state index contributed by atoms with van der Waals surface area (Å²) in [5, 5.41) is 0. The summed E-state index contributed by atoms with van der Waals surface area (Å²) in [4.78, 5) is 25.7. The zero-order valence-electron chi connectivity index (χ0n) is 20.8. The highest BCUT2D eigenvalue weighted by Crippen LogP contribution is 2.44. The highest BCUT2D eigenvalue weighted by atomic mass is 127. The number of rotatable bonds is 10. The fourth-order valence-corrected chi connectivity index (χ4v) is 6.75. The molecule has 2 aromatic rings. The number of carbonyl (C=O) groups excluding carboxylic acids is 2. The molecule has 0 N–H and O–H groups in total. The summed E-state index contributed by atoms with van der Waals surface area (Å²) in [6.45, 7) is 5.51. The van der Waals surface area contributed by atoms with Gasteiger partial charge < -0.3 is 18.9 Å². The van der Waals surface area contributed by atoms with E-state index in [1.54, 1.807) is 39.0 Å². The van der Waals surface area contributed by atoms with E-state index < -0.39 is 17.9 Å². The highest BCUT2D eigenvalue weighted by Gasteiger charge is 2.41. The molecule has 4 rings (SSSR count). The van der Waals surface area contributed by atoms with Gasteiger partial charge in [-0.15, -0.1) is 0 Å². The maximum absolute atomic E-state index is 13.3. The van der Waals surface area contributed by atoms with Crippen molar-refractivity contribution in [1.82, 2.24) is 0 Å². The van der Waals surface area contributed by atoms with Crippen LogP contribution in [-0.2, 0) is 24.6 Å². The predicted molar refractivity (Wildman–Crippen MR) is 153 cm³/mol. The number of halogens is 3. The second kappa shape index (κ2) is 12.0. The molecule has 4 unspecified atom stereocenters. The van der Waals surface area contributed by atoms with Crippen molar-refractivity contribution in [2.75, 3.05) is 13.2 Å². The third kappa shape index (κ3) is 7.03. The van der Waals surface area contributed by atoms with Crippen molar-refractivity contribution in [1.29, 1.82) is 0 Å². The van der Waals surface area contributed by atoms with Crippen LogP contribution in [0, 0.1) is 30.7 Å². The van der Waals surface area contributed by atoms with Gasteiger partial charge in [0.15, 0.2) is 6.29 Å². The van der Waals surface area contributed by atoms with Crippen LogP contribution in [0.4, 0.5) is 4.39 Å². The number of ether oxygens (including phenoxy) is 4. The molecule has 9 heteroatoms. The molecule has 2 aromatic carbocycles. The molecule has 0 saturated heterocycles. The van der Waals surface area contributed by atoms with Crippen LogP contribution < -0.4 is 4.74 Å². The molecular weight excluding hydrogens is 705 g/mol. The van der Waals surface area contributed by atoms with Crippen molar-refractivity contribution in [3.8, 4) is 5.75 Å². The summed E-state index contributed by atoms with van der Waals surface area (Å²) in [5.41, 5.74) is -0.0232. The monoisotopic (exact) mass is 734 g/mol. The zero-order valence-corrected chi connectivity index (χ0v) is 25.2. The van der Waals surface area contributed by atoms with Gasteiger partial charge in [-0.05, 0) is 120 Å². The summed E-state index contributed by atoms with van der Waals surface area (Å²) in [6, 6.07) is 9.46. The maximum atomic E-state index is 13.3. The standard InChI is InChI=1S/C28H29FI2O6/c1-16(36-26(32)22-13-17-4-5-18(22)12-17)34-10-11-35-25-23(14-21(30)15-24(25)31)27(33)37-28(2,3)19-6-8-20(29)9-7-19/h4-9,14-18,22H,10-13H2,1-3H3. The summed E-state index contributed by atoms with van der Waals surface area (Å²) < 4.78 is 37.8. The molecular formula is C28H29FI2O6. The predicted octanol–water partition coefficient (Wildman–Crippen LogP) is 6.62. The van der Waals surface area contributed by atoms with Crippen molar-refractivity contribution < 1.29 is 32.9 Å². The van der Waals surface area contributed by atoms with Crippen molar-refractivity contribution in [3.05, 3.63) is 72.6 Å². The van der Waals surface area contributed by atoms with Crippen LogP contribution in [0.2, 0.25) is 0 Å². The van der Waals surface area contributed by atoms with Gasteiger partial charge in [0.05, 0.1) is 16.1 Å². The SMILES string of the molecule is CC(OCCOc1c(I)cc(I)cc1C(=O)OC(C)(C)c1ccc(F)cc1)OC(=O)C1CC2C=CC1C2. The molecule has 0 radical (unpaired) electrons. The second-order valence-electron chi connectivity index (χ2n) is 9.78. The van der Waals surface area contributed by atoms with Crippen LogP contribution in [-0.4, -0.2) is 31.4 Å². The Hall–Kier alpha value is -1.73. The first kappa shape index (κ1) is 28.3. The zero-order chi connectivity index (χ0) is 26.7. The number of allylic oxidation sites excluding steroid dienone is 2. The summed E-state index contributed by atoms with van der Waals surface area (Å²) in [7, 11) is 0. The molecule has 0 aliphatic heterocycles. The Morgan fingerprint density at radius 1 is 1.08 bits per heavy atom. The number of hydrogen-bond acceptors (Lipinski definition) is 6. The van der Waals surface area contributed by atoms with Crippen LogP contribution in [0.15, 0.2) is 48.6 Å². The summed E-state index contributed by atoms with van der Waals surface area (Å²) in [6.07, 6.45) is 5.48. The first-order valence-electron chi connectivity index (χ1n) is 12.1. The normalized spacial score (nSPS) is 21.1. The van der Waals surface area contributed by atoms with Crippen molar-refractivity contribution in [2.24, 2.45) is 17.8 Å². The van der Waals surface area contributed by atoms with Gasteiger partial charge in [0, 0.05) is 3.57 Å². The van der Waals surface area contributed by atoms with Gasteiger partial charge in [-0.3, -0.25) is 4.79 Å². The molecule has 1 saturated carbocycles. The molecule has 2 aliphatic carbocycles. The molecule has 0 heterocycles. The Morgan fingerprint density at radius 2 is 1.81 bits per heavy atom. The minimum atomic E-state index is -0.980. The Balaban J connectivity index is 1.33. The summed E-state index contributed by atoms with van der Waals surface area (Å²) in [5.74, 6) is -0.0490.